The van der Waals surface area contributed by atoms with Crippen molar-refractivity contribution in [2.75, 3.05) is 0 Å². The van der Waals surface area contributed by atoms with E-state index in [1.54, 1.807) is 30.3 Å². The molecule has 1 aliphatic heterocycles. The van der Waals surface area contributed by atoms with E-state index in [-0.39, 0.29) is 11.5 Å². The second-order valence-corrected chi connectivity index (χ2v) is 7.54. The number of hydrogen-bond acceptors (Lipinski definition) is 4. The van der Waals surface area contributed by atoms with Gasteiger partial charge in [-0.05, 0) is 55.3 Å². The molecule has 0 atom stereocenters. The Hall–Kier alpha value is -2.58. The largest absolute Gasteiger partial charge is 0.508 e. The van der Waals surface area contributed by atoms with Gasteiger partial charge in [0.05, 0.1) is 6.54 Å². The Morgan fingerprint density at radius 2 is 1.88 bits per heavy atom. The van der Waals surface area contributed by atoms with Gasteiger partial charge in [0, 0.05) is 12.0 Å². The molecule has 8 heteroatoms. The Balaban J connectivity index is 2.10. The number of rotatable bonds is 3. The quantitative estimate of drug-likeness (QED) is 0.542. The average molecular weight is 375 g/mol. The highest BCUT2D eigenvalue weighted by Crippen LogP contribution is 2.37. The Morgan fingerprint density at radius 1 is 1.15 bits per heavy atom. The van der Waals surface area contributed by atoms with Crippen molar-refractivity contribution in [3.8, 4) is 22.8 Å². The fourth-order valence-corrected chi connectivity index (χ4v) is 4.00. The average Bonchev–Trinajstić information content (AvgIpc) is 2.89. The molecule has 7 nitrogen and oxygen atoms in total. The molecule has 0 saturated carbocycles. The summed E-state index contributed by atoms with van der Waals surface area (Å²) in [5.41, 5.74) is 3.32. The third-order valence-electron chi connectivity index (χ3n) is 4.62. The Kier molecular flexibility index (Phi) is 3.89. The van der Waals surface area contributed by atoms with Crippen LogP contribution in [-0.4, -0.2) is 22.8 Å². The van der Waals surface area contributed by atoms with Crippen LogP contribution in [0.15, 0.2) is 36.4 Å². The van der Waals surface area contributed by atoms with Crippen LogP contribution in [0, 0.1) is 6.92 Å². The van der Waals surface area contributed by atoms with E-state index < -0.39 is 10.4 Å². The van der Waals surface area contributed by atoms with E-state index in [4.69, 9.17) is 4.18 Å². The van der Waals surface area contributed by atoms with Gasteiger partial charge in [0.1, 0.15) is 16.7 Å². The zero-order valence-corrected chi connectivity index (χ0v) is 15.0. The number of fused-ring (bicyclic) bond motifs is 3. The zero-order valence-electron chi connectivity index (χ0n) is 14.2. The highest BCUT2D eigenvalue weighted by atomic mass is 32.3. The van der Waals surface area contributed by atoms with Crippen LogP contribution in [0.25, 0.3) is 22.2 Å². The lowest BCUT2D eigenvalue weighted by Crippen LogP contribution is -2.47. The van der Waals surface area contributed by atoms with E-state index in [1.165, 1.54) is 0 Å². The van der Waals surface area contributed by atoms with Crippen LogP contribution in [0.2, 0.25) is 0 Å². The molecule has 0 bridgehead atoms. The van der Waals surface area contributed by atoms with Crippen LogP contribution < -0.4 is 8.86 Å². The van der Waals surface area contributed by atoms with Crippen molar-refractivity contribution in [1.29, 1.82) is 0 Å². The lowest BCUT2D eigenvalue weighted by molar-refractivity contribution is -0.770. The van der Waals surface area contributed by atoms with Crippen LogP contribution in [0.5, 0.6) is 11.5 Å². The molecule has 0 unspecified atom stereocenters. The van der Waals surface area contributed by atoms with Gasteiger partial charge in [-0.25, -0.2) is 0 Å². The third-order valence-corrected chi connectivity index (χ3v) is 5.01. The number of phenols is 1. The maximum Gasteiger partial charge on any atom is 0.446 e. The van der Waals surface area contributed by atoms with Gasteiger partial charge in [-0.2, -0.15) is 13.1 Å². The van der Waals surface area contributed by atoms with Crippen molar-refractivity contribution in [3.05, 3.63) is 42.0 Å². The van der Waals surface area contributed by atoms with Gasteiger partial charge in [0.15, 0.2) is 12.3 Å². The zero-order chi connectivity index (χ0) is 18.5. The molecule has 0 aliphatic carbocycles. The predicted molar refractivity (Wildman–Crippen MR) is 95.4 cm³/mol. The molecule has 26 heavy (non-hydrogen) atoms. The van der Waals surface area contributed by atoms with Crippen LogP contribution in [-0.2, 0) is 23.5 Å². The number of phenolic OH excluding ortho intramolecular Hbond substituents is 1. The number of benzene rings is 2. The molecular weight excluding hydrogens is 356 g/mol. The standard InChI is InChI=1S/C18H18N2O5S/c1-12-10-15-17(16(11-12)25-26(22,23)24)18(13-4-6-14(21)7-5-13)20-9-3-2-8-19(15)20/h4-7,10-11H,2-3,8-9H2,1H3,(H,22,23,24)/p+1. The summed E-state index contributed by atoms with van der Waals surface area (Å²) in [6.07, 6.45) is 2.04. The molecule has 0 amide bonds. The number of aromatic nitrogens is 2. The minimum Gasteiger partial charge on any atom is -0.508 e. The topological polar surface area (TPSA) is 92.6 Å². The molecule has 0 spiro atoms. The van der Waals surface area contributed by atoms with E-state index in [9.17, 15) is 18.1 Å². The summed E-state index contributed by atoms with van der Waals surface area (Å²) >= 11 is 0. The molecule has 3 aromatic rings. The fraction of sp³-hybridized carbons (Fsp3) is 0.278. The van der Waals surface area contributed by atoms with Crippen molar-refractivity contribution in [2.24, 2.45) is 0 Å². The predicted octanol–water partition coefficient (Wildman–Crippen LogP) is 2.59. The van der Waals surface area contributed by atoms with Crippen LogP contribution >= 0.6 is 0 Å². The fourth-order valence-electron chi connectivity index (χ4n) is 3.64. The summed E-state index contributed by atoms with van der Waals surface area (Å²) in [4.78, 5) is 0. The monoisotopic (exact) mass is 375 g/mol. The highest BCUT2D eigenvalue weighted by molar-refractivity contribution is 7.81. The molecule has 2 aromatic carbocycles. The molecular formula is C18H19N2O5S+. The van der Waals surface area contributed by atoms with E-state index in [2.05, 4.69) is 9.36 Å². The summed E-state index contributed by atoms with van der Waals surface area (Å²) < 4.78 is 41.1. The molecule has 1 aliphatic rings. The van der Waals surface area contributed by atoms with E-state index >= 15 is 0 Å². The maximum absolute atomic E-state index is 11.4. The molecule has 2 heterocycles. The number of nitrogens with zero attached hydrogens (tertiary/aromatic N) is 2. The van der Waals surface area contributed by atoms with Crippen molar-refractivity contribution in [2.45, 2.75) is 32.9 Å². The smallest absolute Gasteiger partial charge is 0.446 e. The Bertz CT molecular complexity index is 1100. The van der Waals surface area contributed by atoms with E-state index in [0.29, 0.717) is 5.39 Å². The summed E-state index contributed by atoms with van der Waals surface area (Å²) in [6.45, 7) is 3.45. The normalized spacial score (nSPS) is 14.4. The molecule has 0 fully saturated rings. The summed E-state index contributed by atoms with van der Waals surface area (Å²) in [7, 11) is -4.65. The molecule has 2 N–H and O–H groups in total. The van der Waals surface area contributed by atoms with Gasteiger partial charge >= 0.3 is 10.4 Å². The summed E-state index contributed by atoms with van der Waals surface area (Å²) in [5.74, 6) is 0.251. The Morgan fingerprint density at radius 3 is 2.58 bits per heavy atom. The van der Waals surface area contributed by atoms with E-state index in [0.717, 1.165) is 48.3 Å². The third kappa shape index (κ3) is 2.91. The van der Waals surface area contributed by atoms with Gasteiger partial charge in [0.2, 0.25) is 5.69 Å². The first-order valence-corrected chi connectivity index (χ1v) is 9.73. The molecule has 4 rings (SSSR count). The molecule has 0 saturated heterocycles. The van der Waals surface area contributed by atoms with Crippen molar-refractivity contribution >= 4 is 21.3 Å². The van der Waals surface area contributed by atoms with Gasteiger partial charge < -0.3 is 9.29 Å². The molecule has 1 aromatic heterocycles. The van der Waals surface area contributed by atoms with Crippen LogP contribution in [0.3, 0.4) is 0 Å². The first kappa shape index (κ1) is 16.9. The number of aromatic hydroxyl groups is 1. The highest BCUT2D eigenvalue weighted by Gasteiger charge is 2.32. The van der Waals surface area contributed by atoms with Crippen LogP contribution in [0.4, 0.5) is 0 Å². The second kappa shape index (κ2) is 6.00. The maximum atomic E-state index is 11.4. The minimum atomic E-state index is -4.65. The van der Waals surface area contributed by atoms with Crippen molar-refractivity contribution in [1.82, 2.24) is 4.68 Å². The summed E-state index contributed by atoms with van der Waals surface area (Å²) in [6, 6.07) is 10.3. The Labute approximate surface area is 151 Å². The lowest BCUT2D eigenvalue weighted by Gasteiger charge is -2.10. The number of aryl methyl sites for hydroxylation is 2. The van der Waals surface area contributed by atoms with E-state index in [1.807, 2.05) is 13.0 Å². The first-order chi connectivity index (χ1) is 12.3. The molecule has 0 radical (unpaired) electrons. The first-order valence-electron chi connectivity index (χ1n) is 8.37. The molecule has 136 valence electrons. The van der Waals surface area contributed by atoms with Crippen molar-refractivity contribution in [3.63, 3.8) is 0 Å². The minimum absolute atomic E-state index is 0.0972. The van der Waals surface area contributed by atoms with Crippen LogP contribution in [0.1, 0.15) is 18.4 Å². The second-order valence-electron chi connectivity index (χ2n) is 6.52. The lowest BCUT2D eigenvalue weighted by atomic mass is 10.0. The van der Waals surface area contributed by atoms with Gasteiger partial charge in [-0.1, -0.05) is 0 Å². The van der Waals surface area contributed by atoms with Gasteiger partial charge in [0.25, 0.3) is 0 Å². The SMILES string of the molecule is Cc1cc(OS(=O)(=O)O)c2c(-c3ccc(O)cc3)[n+]3n(c2c1)CCCC3. The summed E-state index contributed by atoms with van der Waals surface area (Å²) in [5, 5.41) is 10.2. The van der Waals surface area contributed by atoms with Gasteiger partial charge in [-0.3, -0.25) is 4.55 Å². The van der Waals surface area contributed by atoms with Gasteiger partial charge in [-0.15, -0.1) is 4.68 Å². The van der Waals surface area contributed by atoms with Crippen molar-refractivity contribution < 1.29 is 26.9 Å². The number of hydrogen-bond donors (Lipinski definition) is 2.